The molecule has 0 radical (unpaired) electrons. The van der Waals surface area contributed by atoms with Gasteiger partial charge in [-0.3, -0.25) is 0 Å². The zero-order chi connectivity index (χ0) is 14.6. The second-order valence-electron chi connectivity index (χ2n) is 4.66. The summed E-state index contributed by atoms with van der Waals surface area (Å²) in [5, 5.41) is 9.09. The van der Waals surface area contributed by atoms with Crippen molar-refractivity contribution in [3.8, 4) is 0 Å². The first-order chi connectivity index (χ1) is 9.54. The van der Waals surface area contributed by atoms with Crippen LogP contribution in [0.2, 0.25) is 0 Å². The molecule has 5 nitrogen and oxygen atoms in total. The van der Waals surface area contributed by atoms with E-state index in [0.29, 0.717) is 12.1 Å². The van der Waals surface area contributed by atoms with Gasteiger partial charge in [0.1, 0.15) is 0 Å². The molecule has 0 aliphatic heterocycles. The number of nitrogens with zero attached hydrogens (tertiary/aromatic N) is 2. The van der Waals surface area contributed by atoms with Crippen LogP contribution in [-0.4, -0.2) is 28.8 Å². The van der Waals surface area contributed by atoms with E-state index in [1.54, 1.807) is 7.05 Å². The van der Waals surface area contributed by atoms with Crippen LogP contribution >= 0.6 is 0 Å². The van der Waals surface area contributed by atoms with Gasteiger partial charge in [0.2, 0.25) is 15.0 Å². The van der Waals surface area contributed by atoms with E-state index in [1.165, 1.54) is 10.8 Å². The number of aliphatic hydroxyl groups is 1. The number of hydrogen-bond acceptors (Lipinski definition) is 4. The first-order valence-electron chi connectivity index (χ1n) is 6.43. The summed E-state index contributed by atoms with van der Waals surface area (Å²) in [6, 6.07) is 9.78. The van der Waals surface area contributed by atoms with Gasteiger partial charge in [-0.1, -0.05) is 30.3 Å². The van der Waals surface area contributed by atoms with Crippen molar-refractivity contribution in [1.29, 1.82) is 0 Å². The van der Waals surface area contributed by atoms with Gasteiger partial charge in [-0.25, -0.2) is 13.4 Å². The van der Waals surface area contributed by atoms with Gasteiger partial charge in [-0.05, 0) is 18.4 Å². The van der Waals surface area contributed by atoms with E-state index in [9.17, 15) is 8.42 Å². The van der Waals surface area contributed by atoms with Crippen molar-refractivity contribution < 1.29 is 13.5 Å². The van der Waals surface area contributed by atoms with E-state index in [-0.39, 0.29) is 17.5 Å². The van der Waals surface area contributed by atoms with Crippen molar-refractivity contribution in [2.45, 2.75) is 24.6 Å². The molecule has 2 rings (SSSR count). The monoisotopic (exact) mass is 294 g/mol. The van der Waals surface area contributed by atoms with Gasteiger partial charge in [-0.2, -0.15) is 0 Å². The molecule has 0 amide bonds. The molecule has 2 aromatic rings. The summed E-state index contributed by atoms with van der Waals surface area (Å²) >= 11 is 0. The Hall–Kier alpha value is -1.66. The molecule has 6 heteroatoms. The fourth-order valence-corrected chi connectivity index (χ4v) is 3.52. The average Bonchev–Trinajstić information content (AvgIpc) is 2.81. The molecular weight excluding hydrogens is 276 g/mol. The highest BCUT2D eigenvalue weighted by molar-refractivity contribution is 7.91. The van der Waals surface area contributed by atoms with Crippen molar-refractivity contribution in [3.63, 3.8) is 0 Å². The summed E-state index contributed by atoms with van der Waals surface area (Å²) < 4.78 is 25.8. The van der Waals surface area contributed by atoms with Crippen LogP contribution in [0.25, 0.3) is 0 Å². The Labute approximate surface area is 118 Å². The minimum Gasteiger partial charge on any atom is -0.390 e. The van der Waals surface area contributed by atoms with Gasteiger partial charge < -0.3 is 9.67 Å². The number of sulfone groups is 1. The molecule has 0 unspecified atom stereocenters. The highest BCUT2D eigenvalue weighted by Gasteiger charge is 2.20. The van der Waals surface area contributed by atoms with Crippen LogP contribution in [0.1, 0.15) is 17.7 Å². The van der Waals surface area contributed by atoms with Gasteiger partial charge in [0.25, 0.3) is 0 Å². The third kappa shape index (κ3) is 3.26. The maximum Gasteiger partial charge on any atom is 0.227 e. The molecule has 0 aliphatic rings. The van der Waals surface area contributed by atoms with E-state index in [1.807, 2.05) is 30.3 Å². The van der Waals surface area contributed by atoms with Crippen LogP contribution in [0, 0.1) is 0 Å². The van der Waals surface area contributed by atoms with Gasteiger partial charge in [0.15, 0.2) is 0 Å². The van der Waals surface area contributed by atoms with Crippen LogP contribution < -0.4 is 0 Å². The van der Waals surface area contributed by atoms with Crippen LogP contribution in [0.4, 0.5) is 0 Å². The lowest BCUT2D eigenvalue weighted by atomic mass is 10.1. The number of benzene rings is 1. The van der Waals surface area contributed by atoms with Crippen LogP contribution in [0.3, 0.4) is 0 Å². The minimum atomic E-state index is -3.41. The molecule has 0 fully saturated rings. The Morgan fingerprint density at radius 3 is 2.55 bits per heavy atom. The number of rotatable bonds is 6. The van der Waals surface area contributed by atoms with Gasteiger partial charge in [-0.15, -0.1) is 0 Å². The molecule has 1 aromatic heterocycles. The minimum absolute atomic E-state index is 0.0228. The molecule has 0 bridgehead atoms. The zero-order valence-electron chi connectivity index (χ0n) is 11.4. The molecular formula is C14H18N2O3S. The summed E-state index contributed by atoms with van der Waals surface area (Å²) in [5.41, 5.74) is 1.62. The number of aryl methyl sites for hydroxylation is 1. The zero-order valence-corrected chi connectivity index (χ0v) is 12.2. The quantitative estimate of drug-likeness (QED) is 0.872. The first kappa shape index (κ1) is 14.7. The van der Waals surface area contributed by atoms with E-state index >= 15 is 0 Å². The Morgan fingerprint density at radius 2 is 1.95 bits per heavy atom. The molecule has 1 heterocycles. The summed E-state index contributed by atoms with van der Waals surface area (Å²) in [6.45, 7) is -0.219. The fourth-order valence-electron chi connectivity index (χ4n) is 2.06. The Balaban J connectivity index is 2.02. The molecule has 1 N–H and O–H groups in total. The summed E-state index contributed by atoms with van der Waals surface area (Å²) in [5.74, 6) is 0.0532. The van der Waals surface area contributed by atoms with Crippen molar-refractivity contribution in [1.82, 2.24) is 9.55 Å². The van der Waals surface area contributed by atoms with Crippen molar-refractivity contribution in [2.24, 2.45) is 7.05 Å². The highest BCUT2D eigenvalue weighted by Crippen LogP contribution is 2.13. The Bertz CT molecular complexity index is 663. The summed E-state index contributed by atoms with van der Waals surface area (Å²) in [7, 11) is -1.81. The first-order valence-corrected chi connectivity index (χ1v) is 8.08. The molecule has 1 aromatic carbocycles. The predicted molar refractivity (Wildman–Crippen MR) is 75.9 cm³/mol. The SMILES string of the molecule is Cn1c(CO)cnc1S(=O)(=O)CCCc1ccccc1. The lowest BCUT2D eigenvalue weighted by molar-refractivity contribution is 0.271. The second kappa shape index (κ2) is 6.19. The highest BCUT2D eigenvalue weighted by atomic mass is 32.2. The van der Waals surface area contributed by atoms with Crippen molar-refractivity contribution in [2.75, 3.05) is 5.75 Å². The molecule has 0 atom stereocenters. The summed E-state index contributed by atoms with van der Waals surface area (Å²) in [4.78, 5) is 3.90. The Morgan fingerprint density at radius 1 is 1.25 bits per heavy atom. The second-order valence-corrected chi connectivity index (χ2v) is 6.66. The lowest BCUT2D eigenvalue weighted by Crippen LogP contribution is -2.14. The topological polar surface area (TPSA) is 72.2 Å². The van der Waals surface area contributed by atoms with E-state index in [2.05, 4.69) is 4.98 Å². The number of imidazole rings is 1. The third-order valence-electron chi connectivity index (χ3n) is 3.20. The average molecular weight is 294 g/mol. The molecule has 0 saturated heterocycles. The van der Waals surface area contributed by atoms with Crippen molar-refractivity contribution >= 4 is 9.84 Å². The van der Waals surface area contributed by atoms with Crippen LogP contribution in [0.15, 0.2) is 41.7 Å². The maximum atomic E-state index is 12.2. The molecule has 0 aliphatic carbocycles. The van der Waals surface area contributed by atoms with E-state index in [4.69, 9.17) is 5.11 Å². The molecule has 20 heavy (non-hydrogen) atoms. The van der Waals surface area contributed by atoms with E-state index in [0.717, 1.165) is 12.0 Å². The normalized spacial score (nSPS) is 11.7. The van der Waals surface area contributed by atoms with Crippen LogP contribution in [0.5, 0.6) is 0 Å². The Kier molecular flexibility index (Phi) is 4.57. The van der Waals surface area contributed by atoms with Crippen LogP contribution in [-0.2, 0) is 29.9 Å². The van der Waals surface area contributed by atoms with E-state index < -0.39 is 9.84 Å². The van der Waals surface area contributed by atoms with Gasteiger partial charge in [0, 0.05) is 7.05 Å². The molecule has 0 saturated carbocycles. The number of hydrogen-bond donors (Lipinski definition) is 1. The standard InChI is InChI=1S/C14H18N2O3S/c1-16-13(11-17)10-15-14(16)20(18,19)9-5-8-12-6-3-2-4-7-12/h2-4,6-7,10,17H,5,8-9,11H2,1H3. The third-order valence-corrected chi connectivity index (χ3v) is 4.97. The van der Waals surface area contributed by atoms with Gasteiger partial charge >= 0.3 is 0 Å². The van der Waals surface area contributed by atoms with Crippen molar-refractivity contribution in [3.05, 3.63) is 47.8 Å². The molecule has 0 spiro atoms. The number of aliphatic hydroxyl groups excluding tert-OH is 1. The number of aromatic nitrogens is 2. The molecule has 108 valence electrons. The largest absolute Gasteiger partial charge is 0.390 e. The lowest BCUT2D eigenvalue weighted by Gasteiger charge is -2.06. The predicted octanol–water partition coefficient (Wildman–Crippen LogP) is 1.32. The maximum absolute atomic E-state index is 12.2. The smallest absolute Gasteiger partial charge is 0.227 e. The van der Waals surface area contributed by atoms with Gasteiger partial charge in [0.05, 0.1) is 24.3 Å². The fraction of sp³-hybridized carbons (Fsp3) is 0.357. The summed E-state index contributed by atoms with van der Waals surface area (Å²) in [6.07, 6.45) is 2.66.